The van der Waals surface area contributed by atoms with Crippen molar-refractivity contribution in [3.05, 3.63) is 12.8 Å². The predicted molar refractivity (Wildman–Crippen MR) is 49.7 cm³/mol. The normalized spacial score (nSPS) is 38.5. The van der Waals surface area contributed by atoms with Crippen LogP contribution in [0.2, 0.25) is 0 Å². The van der Waals surface area contributed by atoms with E-state index in [-0.39, 0.29) is 0 Å². The van der Waals surface area contributed by atoms with Crippen LogP contribution >= 0.6 is 0 Å². The fourth-order valence-corrected chi connectivity index (χ4v) is 3.03. The SMILES string of the molecule is C=COCCC1CC2CCC1C2. The zero-order valence-electron chi connectivity index (χ0n) is 7.67. The van der Waals surface area contributed by atoms with Gasteiger partial charge in [0.1, 0.15) is 0 Å². The Hall–Kier alpha value is -0.460. The van der Waals surface area contributed by atoms with Gasteiger partial charge in [0.05, 0.1) is 12.9 Å². The minimum Gasteiger partial charge on any atom is -0.502 e. The van der Waals surface area contributed by atoms with Gasteiger partial charge in [-0.3, -0.25) is 0 Å². The Morgan fingerprint density at radius 2 is 2.25 bits per heavy atom. The molecule has 0 heterocycles. The second kappa shape index (κ2) is 3.51. The summed E-state index contributed by atoms with van der Waals surface area (Å²) >= 11 is 0. The van der Waals surface area contributed by atoms with E-state index in [1.54, 1.807) is 6.26 Å². The molecule has 0 amide bonds. The van der Waals surface area contributed by atoms with Gasteiger partial charge in [-0.25, -0.2) is 0 Å². The maximum absolute atomic E-state index is 5.17. The molecule has 3 atom stereocenters. The Kier molecular flexibility index (Phi) is 2.38. The highest BCUT2D eigenvalue weighted by atomic mass is 16.5. The fourth-order valence-electron chi connectivity index (χ4n) is 3.03. The summed E-state index contributed by atoms with van der Waals surface area (Å²) in [5, 5.41) is 0. The summed E-state index contributed by atoms with van der Waals surface area (Å²) < 4.78 is 5.17. The van der Waals surface area contributed by atoms with Crippen LogP contribution in [0.5, 0.6) is 0 Å². The van der Waals surface area contributed by atoms with Crippen LogP contribution in [0.1, 0.15) is 32.1 Å². The van der Waals surface area contributed by atoms with Gasteiger partial charge >= 0.3 is 0 Å². The highest BCUT2D eigenvalue weighted by Gasteiger charge is 2.38. The zero-order chi connectivity index (χ0) is 8.39. The molecule has 0 radical (unpaired) electrons. The number of hydrogen-bond donors (Lipinski definition) is 0. The average molecular weight is 166 g/mol. The average Bonchev–Trinajstić information content (AvgIpc) is 2.65. The van der Waals surface area contributed by atoms with Crippen molar-refractivity contribution in [1.29, 1.82) is 0 Å². The van der Waals surface area contributed by atoms with E-state index >= 15 is 0 Å². The van der Waals surface area contributed by atoms with Crippen LogP contribution in [0, 0.1) is 17.8 Å². The molecule has 1 nitrogen and oxygen atoms in total. The molecule has 68 valence electrons. The fraction of sp³-hybridized carbons (Fsp3) is 0.818. The molecule has 2 rings (SSSR count). The van der Waals surface area contributed by atoms with Crippen LogP contribution in [0.15, 0.2) is 12.8 Å². The molecule has 2 fully saturated rings. The molecule has 2 aliphatic rings. The third-order valence-corrected chi connectivity index (χ3v) is 3.61. The van der Waals surface area contributed by atoms with Crippen molar-refractivity contribution >= 4 is 0 Å². The van der Waals surface area contributed by atoms with E-state index in [1.165, 1.54) is 32.1 Å². The Morgan fingerprint density at radius 3 is 2.83 bits per heavy atom. The Labute approximate surface area is 74.8 Å². The van der Waals surface area contributed by atoms with Gasteiger partial charge in [0.15, 0.2) is 0 Å². The topological polar surface area (TPSA) is 9.23 Å². The van der Waals surface area contributed by atoms with Gasteiger partial charge in [0.2, 0.25) is 0 Å². The number of ether oxygens (including phenoxy) is 1. The van der Waals surface area contributed by atoms with Gasteiger partial charge in [-0.05, 0) is 43.4 Å². The van der Waals surface area contributed by atoms with Crippen molar-refractivity contribution in [3.63, 3.8) is 0 Å². The summed E-state index contributed by atoms with van der Waals surface area (Å²) in [5.41, 5.74) is 0. The van der Waals surface area contributed by atoms with Crippen LogP contribution < -0.4 is 0 Å². The van der Waals surface area contributed by atoms with Crippen LogP contribution in [0.25, 0.3) is 0 Å². The Balaban J connectivity index is 1.72. The van der Waals surface area contributed by atoms with Crippen molar-refractivity contribution in [2.45, 2.75) is 32.1 Å². The predicted octanol–water partition coefficient (Wildman–Crippen LogP) is 2.97. The summed E-state index contributed by atoms with van der Waals surface area (Å²) in [6.45, 7) is 4.44. The first kappa shape index (κ1) is 8.15. The van der Waals surface area contributed by atoms with E-state index in [9.17, 15) is 0 Å². The lowest BCUT2D eigenvalue weighted by Gasteiger charge is -2.20. The van der Waals surface area contributed by atoms with Crippen LogP contribution in [-0.4, -0.2) is 6.61 Å². The molecule has 0 aliphatic heterocycles. The standard InChI is InChI=1S/C11H18O/c1-2-12-6-5-11-8-9-3-4-10(11)7-9/h2,9-11H,1,3-8H2. The molecule has 3 unspecified atom stereocenters. The summed E-state index contributed by atoms with van der Waals surface area (Å²) in [6.07, 6.45) is 8.80. The molecule has 2 saturated carbocycles. The molecule has 0 saturated heterocycles. The van der Waals surface area contributed by atoms with Gasteiger partial charge in [0, 0.05) is 0 Å². The van der Waals surface area contributed by atoms with Crippen molar-refractivity contribution in [1.82, 2.24) is 0 Å². The molecule has 0 aromatic rings. The Bertz CT molecular complexity index is 164. The number of fused-ring (bicyclic) bond motifs is 2. The zero-order valence-corrected chi connectivity index (χ0v) is 7.67. The molecule has 0 spiro atoms. The highest BCUT2D eigenvalue weighted by Crippen LogP contribution is 2.49. The Morgan fingerprint density at radius 1 is 1.33 bits per heavy atom. The van der Waals surface area contributed by atoms with E-state index in [0.717, 1.165) is 24.4 Å². The molecule has 0 N–H and O–H groups in total. The maximum atomic E-state index is 5.17. The molecule has 0 aromatic carbocycles. The van der Waals surface area contributed by atoms with E-state index in [4.69, 9.17) is 4.74 Å². The van der Waals surface area contributed by atoms with Crippen molar-refractivity contribution in [2.75, 3.05) is 6.61 Å². The number of rotatable bonds is 4. The second-order valence-electron chi connectivity index (χ2n) is 4.26. The molecular formula is C11H18O. The van der Waals surface area contributed by atoms with Crippen molar-refractivity contribution in [3.8, 4) is 0 Å². The molecule has 2 bridgehead atoms. The van der Waals surface area contributed by atoms with Gasteiger partial charge in [-0.1, -0.05) is 13.0 Å². The quantitative estimate of drug-likeness (QED) is 0.461. The molecular weight excluding hydrogens is 148 g/mol. The summed E-state index contributed by atoms with van der Waals surface area (Å²) in [4.78, 5) is 0. The molecule has 12 heavy (non-hydrogen) atoms. The van der Waals surface area contributed by atoms with E-state index in [1.807, 2.05) is 0 Å². The van der Waals surface area contributed by atoms with E-state index in [0.29, 0.717) is 0 Å². The maximum Gasteiger partial charge on any atom is 0.0875 e. The van der Waals surface area contributed by atoms with Crippen LogP contribution in [0.3, 0.4) is 0 Å². The van der Waals surface area contributed by atoms with Gasteiger partial charge in [-0.2, -0.15) is 0 Å². The summed E-state index contributed by atoms with van der Waals surface area (Å²) in [6, 6.07) is 0. The first-order chi connectivity index (χ1) is 5.90. The summed E-state index contributed by atoms with van der Waals surface area (Å²) in [7, 11) is 0. The third-order valence-electron chi connectivity index (χ3n) is 3.61. The minimum absolute atomic E-state index is 0.886. The van der Waals surface area contributed by atoms with Crippen LogP contribution in [0.4, 0.5) is 0 Å². The lowest BCUT2D eigenvalue weighted by Crippen LogP contribution is -2.12. The second-order valence-corrected chi connectivity index (χ2v) is 4.26. The van der Waals surface area contributed by atoms with Gasteiger partial charge < -0.3 is 4.74 Å². The number of hydrogen-bond acceptors (Lipinski definition) is 1. The first-order valence-electron chi connectivity index (χ1n) is 5.12. The monoisotopic (exact) mass is 166 g/mol. The van der Waals surface area contributed by atoms with Crippen molar-refractivity contribution in [2.24, 2.45) is 17.8 Å². The lowest BCUT2D eigenvalue weighted by molar-refractivity contribution is 0.196. The van der Waals surface area contributed by atoms with Crippen molar-refractivity contribution < 1.29 is 4.74 Å². The molecule has 2 aliphatic carbocycles. The van der Waals surface area contributed by atoms with Gasteiger partial charge in [0.25, 0.3) is 0 Å². The smallest absolute Gasteiger partial charge is 0.0875 e. The largest absolute Gasteiger partial charge is 0.502 e. The molecule has 1 heteroatoms. The first-order valence-corrected chi connectivity index (χ1v) is 5.12. The summed E-state index contributed by atoms with van der Waals surface area (Å²) in [5.74, 6) is 3.09. The highest BCUT2D eigenvalue weighted by molar-refractivity contribution is 4.89. The van der Waals surface area contributed by atoms with E-state index < -0.39 is 0 Å². The van der Waals surface area contributed by atoms with E-state index in [2.05, 4.69) is 6.58 Å². The van der Waals surface area contributed by atoms with Gasteiger partial charge in [-0.15, -0.1) is 0 Å². The lowest BCUT2D eigenvalue weighted by atomic mass is 9.87. The third kappa shape index (κ3) is 1.50. The molecule has 0 aromatic heterocycles. The van der Waals surface area contributed by atoms with Crippen LogP contribution in [-0.2, 0) is 4.74 Å². The minimum atomic E-state index is 0.886.